The number of halogens is 3. The zero-order valence-corrected chi connectivity index (χ0v) is 34.8. The normalized spacial score (nSPS) is 19.4. The van der Waals surface area contributed by atoms with Gasteiger partial charge < -0.3 is 35.1 Å². The van der Waals surface area contributed by atoms with Gasteiger partial charge in [0.25, 0.3) is 5.91 Å². The molecule has 13 nitrogen and oxygen atoms in total. The number of nitrogens with zero attached hydrogens (tertiary/aromatic N) is 4. The molecule has 1 saturated heterocycles. The molecular formula is C48H45F3N6O7. The minimum Gasteiger partial charge on any atom is -0.497 e. The molecule has 1 fully saturated rings. The zero-order chi connectivity index (χ0) is 45.0. The first-order valence-corrected chi connectivity index (χ1v) is 20.4. The average Bonchev–Trinajstić information content (AvgIpc) is 3.87. The van der Waals surface area contributed by atoms with Gasteiger partial charge in [-0.3, -0.25) is 19.1 Å². The van der Waals surface area contributed by atoms with Crippen molar-refractivity contribution in [3.63, 3.8) is 0 Å². The highest BCUT2D eigenvalue weighted by Gasteiger charge is 2.49. The van der Waals surface area contributed by atoms with Crippen LogP contribution in [0.2, 0.25) is 0 Å². The monoisotopic (exact) mass is 874 g/mol. The Morgan fingerprint density at radius 3 is 1.81 bits per heavy atom. The Balaban J connectivity index is 1.02. The summed E-state index contributed by atoms with van der Waals surface area (Å²) in [6, 6.07) is 38.7. The summed E-state index contributed by atoms with van der Waals surface area (Å²) in [7, 11) is 3.26. The Morgan fingerprint density at radius 2 is 1.31 bits per heavy atom. The Bertz CT molecular complexity index is 2480. The van der Waals surface area contributed by atoms with Crippen molar-refractivity contribution in [2.45, 2.75) is 55.8 Å². The van der Waals surface area contributed by atoms with Gasteiger partial charge in [-0.05, 0) is 82.6 Å². The highest BCUT2D eigenvalue weighted by atomic mass is 19.4. The Kier molecular flexibility index (Phi) is 12.9. The SMILES string of the molecule is COc1ccc(Cc2ccc(C(OC[C@H]3O[C@@H](n4cnc5c4N=CN(C(=O)C(F)(F)F)C5NC(=O)c4ccccc4)C(N)C3O)c3ccc(Cc4ccc(OC)cc4)cc3)cc2)cc1. The molecule has 2 aliphatic rings. The second-order valence-electron chi connectivity index (χ2n) is 15.4. The second kappa shape index (κ2) is 18.9. The van der Waals surface area contributed by atoms with E-state index in [1.165, 1.54) is 23.0 Å². The lowest BCUT2D eigenvalue weighted by molar-refractivity contribution is -0.183. The molecule has 4 N–H and O–H groups in total. The van der Waals surface area contributed by atoms with Crippen LogP contribution in [0.15, 0.2) is 139 Å². The summed E-state index contributed by atoms with van der Waals surface area (Å²) in [6.07, 6.45) is -7.58. The van der Waals surface area contributed by atoms with Crippen LogP contribution in [0, 0.1) is 0 Å². The van der Waals surface area contributed by atoms with Crippen molar-refractivity contribution in [3.05, 3.63) is 178 Å². The van der Waals surface area contributed by atoms with E-state index in [1.807, 2.05) is 97.1 Å². The predicted octanol–water partition coefficient (Wildman–Crippen LogP) is 6.97. The number of aliphatic hydroxyl groups is 1. The zero-order valence-electron chi connectivity index (χ0n) is 34.8. The van der Waals surface area contributed by atoms with Crippen LogP contribution >= 0.6 is 0 Å². The minimum atomic E-state index is -5.29. The molecule has 3 unspecified atom stereocenters. The van der Waals surface area contributed by atoms with E-state index < -0.39 is 54.7 Å². The lowest BCUT2D eigenvalue weighted by Crippen LogP contribution is -2.49. The second-order valence-corrected chi connectivity index (χ2v) is 15.4. The van der Waals surface area contributed by atoms with Gasteiger partial charge >= 0.3 is 12.1 Å². The minimum absolute atomic E-state index is 0.0267. The number of fused-ring (bicyclic) bond motifs is 1. The Labute approximate surface area is 366 Å². The summed E-state index contributed by atoms with van der Waals surface area (Å²) < 4.78 is 66.1. The van der Waals surface area contributed by atoms with Crippen molar-refractivity contribution < 1.29 is 46.8 Å². The third kappa shape index (κ3) is 9.55. The summed E-state index contributed by atoms with van der Waals surface area (Å²) >= 11 is 0. The molecule has 64 heavy (non-hydrogen) atoms. The summed E-state index contributed by atoms with van der Waals surface area (Å²) in [5.41, 5.74) is 12.7. The molecule has 8 rings (SSSR count). The topological polar surface area (TPSA) is 163 Å². The number of benzene rings is 5. The molecule has 0 spiro atoms. The van der Waals surface area contributed by atoms with Crippen molar-refractivity contribution in [1.29, 1.82) is 0 Å². The lowest BCUT2D eigenvalue weighted by Gasteiger charge is -2.31. The molecular weight excluding hydrogens is 830 g/mol. The molecule has 5 atom stereocenters. The van der Waals surface area contributed by atoms with Crippen LogP contribution in [0.3, 0.4) is 0 Å². The number of hydrogen-bond donors (Lipinski definition) is 3. The summed E-state index contributed by atoms with van der Waals surface area (Å²) in [6.45, 7) is -0.110. The van der Waals surface area contributed by atoms with Crippen LogP contribution in [0.5, 0.6) is 11.5 Å². The molecule has 6 aromatic rings. The van der Waals surface area contributed by atoms with E-state index in [2.05, 4.69) is 15.3 Å². The van der Waals surface area contributed by atoms with Gasteiger partial charge in [-0.2, -0.15) is 13.2 Å². The number of aromatic nitrogens is 2. The van der Waals surface area contributed by atoms with Gasteiger partial charge in [-0.1, -0.05) is 91.0 Å². The van der Waals surface area contributed by atoms with Crippen molar-refractivity contribution >= 4 is 24.0 Å². The fraction of sp³-hybridized carbons (Fsp3) is 0.250. The number of amides is 2. The average molecular weight is 875 g/mol. The molecule has 2 amide bonds. The van der Waals surface area contributed by atoms with Crippen molar-refractivity contribution in [2.24, 2.45) is 10.7 Å². The fourth-order valence-corrected chi connectivity index (χ4v) is 7.76. The number of methoxy groups -OCH3 is 2. The van der Waals surface area contributed by atoms with Crippen LogP contribution in [-0.4, -0.2) is 83.0 Å². The van der Waals surface area contributed by atoms with Crippen LogP contribution < -0.4 is 20.5 Å². The largest absolute Gasteiger partial charge is 0.497 e. The molecule has 0 bridgehead atoms. The molecule has 330 valence electrons. The smallest absolute Gasteiger partial charge is 0.471 e. The number of carbonyl (C=O) groups is 2. The standard InChI is InChI=1S/C48H45F3N6O7/c1-61-36-20-12-31(13-21-36)24-29-8-16-33(17-9-29)42(34-18-10-30(11-19-34)25-32-14-22-37(62-2)23-15-32)63-26-38-41(58)39(52)46(64-38)56-27-53-40-43(56)54-28-57(47(60)48(49,50)51)44(40)55-45(59)35-6-4-3-5-7-35/h3-23,27-28,38-39,41-42,44,46,58H,24-26,52H2,1-2H3,(H,55,59)/t38-,39?,41?,44?,46-/m1/s1. The first kappa shape index (κ1) is 43.8. The van der Waals surface area contributed by atoms with Gasteiger partial charge in [-0.15, -0.1) is 0 Å². The number of imidazole rings is 1. The van der Waals surface area contributed by atoms with Gasteiger partial charge in [0.1, 0.15) is 41.8 Å². The van der Waals surface area contributed by atoms with E-state index in [0.29, 0.717) is 19.2 Å². The molecule has 2 aliphatic heterocycles. The molecule has 0 radical (unpaired) electrons. The molecule has 1 aromatic heterocycles. The summed E-state index contributed by atoms with van der Waals surface area (Å²) in [4.78, 5) is 34.4. The molecule has 16 heteroatoms. The molecule has 5 aromatic carbocycles. The van der Waals surface area contributed by atoms with Gasteiger partial charge in [-0.25, -0.2) is 9.98 Å². The van der Waals surface area contributed by atoms with Gasteiger partial charge in [0.15, 0.2) is 18.2 Å². The van der Waals surface area contributed by atoms with E-state index in [9.17, 15) is 27.9 Å². The molecule has 3 heterocycles. The summed E-state index contributed by atoms with van der Waals surface area (Å²) in [5, 5.41) is 13.9. The number of aliphatic imine (C=N–C) groups is 1. The van der Waals surface area contributed by atoms with E-state index in [0.717, 1.165) is 44.9 Å². The Morgan fingerprint density at radius 1 is 0.797 bits per heavy atom. The fourth-order valence-electron chi connectivity index (χ4n) is 7.76. The molecule has 0 aliphatic carbocycles. The van der Waals surface area contributed by atoms with Gasteiger partial charge in [0, 0.05) is 5.56 Å². The van der Waals surface area contributed by atoms with Crippen LogP contribution in [0.1, 0.15) is 67.9 Å². The first-order chi connectivity index (χ1) is 30.9. The van der Waals surface area contributed by atoms with Crippen LogP contribution in [-0.2, 0) is 27.1 Å². The van der Waals surface area contributed by atoms with Crippen molar-refractivity contribution in [2.75, 3.05) is 20.8 Å². The molecule has 0 saturated carbocycles. The van der Waals surface area contributed by atoms with E-state index >= 15 is 0 Å². The Hall–Kier alpha value is -6.85. The number of hydrogen-bond acceptors (Lipinski definition) is 10. The number of ether oxygens (including phenoxy) is 4. The number of alkyl halides is 3. The third-order valence-electron chi connectivity index (χ3n) is 11.2. The highest BCUT2D eigenvalue weighted by molar-refractivity contribution is 5.97. The maximum absolute atomic E-state index is 13.7. The first-order valence-electron chi connectivity index (χ1n) is 20.4. The highest BCUT2D eigenvalue weighted by Crippen LogP contribution is 2.39. The number of aliphatic hydroxyl groups excluding tert-OH is 1. The number of rotatable bonds is 14. The van der Waals surface area contributed by atoms with Crippen LogP contribution in [0.4, 0.5) is 19.0 Å². The number of nitrogens with one attached hydrogen (secondary N) is 1. The maximum Gasteiger partial charge on any atom is 0.471 e. The maximum atomic E-state index is 13.7. The van der Waals surface area contributed by atoms with Gasteiger partial charge in [0.2, 0.25) is 0 Å². The predicted molar refractivity (Wildman–Crippen MR) is 230 cm³/mol. The van der Waals surface area contributed by atoms with E-state index in [1.54, 1.807) is 32.4 Å². The van der Waals surface area contributed by atoms with E-state index in [-0.39, 0.29) is 28.6 Å². The van der Waals surface area contributed by atoms with Crippen molar-refractivity contribution in [1.82, 2.24) is 19.8 Å². The summed E-state index contributed by atoms with van der Waals surface area (Å²) in [5.74, 6) is -1.48. The van der Waals surface area contributed by atoms with E-state index in [4.69, 9.17) is 24.7 Å². The quantitative estimate of drug-likeness (QED) is 0.105. The third-order valence-corrected chi connectivity index (χ3v) is 11.2. The number of carbonyl (C=O) groups excluding carboxylic acids is 2. The van der Waals surface area contributed by atoms with Crippen molar-refractivity contribution in [3.8, 4) is 11.5 Å². The number of nitrogens with two attached hydrogens (primary N) is 1. The lowest BCUT2D eigenvalue weighted by atomic mass is 9.96. The van der Waals surface area contributed by atoms with Gasteiger partial charge in [0.05, 0.1) is 33.2 Å². The van der Waals surface area contributed by atoms with Crippen LogP contribution in [0.25, 0.3) is 0 Å².